The van der Waals surface area contributed by atoms with Gasteiger partial charge in [0.1, 0.15) is 5.71 Å². The number of likely N-dealkylation sites (tertiary alicyclic amines) is 1. The van der Waals surface area contributed by atoms with Crippen molar-refractivity contribution in [2.24, 2.45) is 15.9 Å². The molecule has 2 aromatic rings. The van der Waals surface area contributed by atoms with Gasteiger partial charge in [-0.2, -0.15) is 18.3 Å². The van der Waals surface area contributed by atoms with E-state index in [1.54, 1.807) is 13.0 Å². The SMILES string of the molecule is CC1C(=NN)C(=Nc2ncccn2)CCN1C(=O)c1cccc(C(F)(F)F)c1Cl. The average molecular weight is 425 g/mol. The van der Waals surface area contributed by atoms with Crippen molar-refractivity contribution in [2.75, 3.05) is 6.54 Å². The molecule has 1 fully saturated rings. The number of hydrazone groups is 1. The third-order valence-corrected chi connectivity index (χ3v) is 4.88. The summed E-state index contributed by atoms with van der Waals surface area (Å²) in [5, 5.41) is 3.10. The van der Waals surface area contributed by atoms with Gasteiger partial charge in [-0.05, 0) is 25.1 Å². The Morgan fingerprint density at radius 1 is 1.28 bits per heavy atom. The summed E-state index contributed by atoms with van der Waals surface area (Å²) in [5.74, 6) is 5.07. The van der Waals surface area contributed by atoms with E-state index in [1.807, 2.05) is 0 Å². The van der Waals surface area contributed by atoms with Crippen LogP contribution in [0.25, 0.3) is 0 Å². The van der Waals surface area contributed by atoms with Gasteiger partial charge < -0.3 is 10.7 Å². The molecule has 2 N–H and O–H groups in total. The first-order valence-corrected chi connectivity index (χ1v) is 8.91. The molecule has 7 nitrogen and oxygen atoms in total. The lowest BCUT2D eigenvalue weighted by Gasteiger charge is -2.35. The maximum absolute atomic E-state index is 13.1. The number of piperidine rings is 1. The van der Waals surface area contributed by atoms with E-state index >= 15 is 0 Å². The number of amides is 1. The van der Waals surface area contributed by atoms with Gasteiger partial charge in [-0.25, -0.2) is 15.0 Å². The average Bonchev–Trinajstić information content (AvgIpc) is 2.68. The molecular formula is C18H16ClF3N6O. The van der Waals surface area contributed by atoms with Gasteiger partial charge in [0, 0.05) is 25.4 Å². The topological polar surface area (TPSA) is 96.8 Å². The molecule has 152 valence electrons. The van der Waals surface area contributed by atoms with Gasteiger partial charge in [0.05, 0.1) is 27.9 Å². The van der Waals surface area contributed by atoms with Gasteiger partial charge in [-0.15, -0.1) is 0 Å². The molecule has 2 heterocycles. The van der Waals surface area contributed by atoms with Crippen molar-refractivity contribution < 1.29 is 18.0 Å². The number of carbonyl (C=O) groups is 1. The predicted octanol–water partition coefficient (Wildman–Crippen LogP) is 3.47. The summed E-state index contributed by atoms with van der Waals surface area (Å²) in [5.41, 5.74) is -0.479. The maximum atomic E-state index is 13.1. The number of halogens is 4. The molecule has 1 amide bonds. The van der Waals surface area contributed by atoms with Gasteiger partial charge in [-0.3, -0.25) is 4.79 Å². The molecule has 0 saturated carbocycles. The quantitative estimate of drug-likeness (QED) is 0.589. The van der Waals surface area contributed by atoms with Crippen LogP contribution in [0.2, 0.25) is 5.02 Å². The monoisotopic (exact) mass is 424 g/mol. The molecule has 29 heavy (non-hydrogen) atoms. The summed E-state index contributed by atoms with van der Waals surface area (Å²) >= 11 is 5.90. The van der Waals surface area contributed by atoms with Gasteiger partial charge in [-0.1, -0.05) is 17.7 Å². The van der Waals surface area contributed by atoms with Crippen molar-refractivity contribution in [3.05, 3.63) is 52.8 Å². The van der Waals surface area contributed by atoms with Crippen LogP contribution in [-0.2, 0) is 6.18 Å². The van der Waals surface area contributed by atoms with Crippen LogP contribution < -0.4 is 5.84 Å². The smallest absolute Gasteiger partial charge is 0.330 e. The molecule has 0 aliphatic carbocycles. The molecule has 1 atom stereocenters. The summed E-state index contributed by atoms with van der Waals surface area (Å²) < 4.78 is 39.3. The van der Waals surface area contributed by atoms with E-state index in [0.29, 0.717) is 11.4 Å². The number of rotatable bonds is 2. The number of hydrogen-bond acceptors (Lipinski definition) is 6. The van der Waals surface area contributed by atoms with E-state index in [-0.39, 0.29) is 24.5 Å². The summed E-state index contributed by atoms with van der Waals surface area (Å²) in [4.78, 5) is 26.7. The number of aliphatic imine (C=N–C) groups is 1. The first kappa shape index (κ1) is 20.7. The van der Waals surface area contributed by atoms with E-state index in [9.17, 15) is 18.0 Å². The van der Waals surface area contributed by atoms with Crippen molar-refractivity contribution in [3.63, 3.8) is 0 Å². The molecule has 11 heteroatoms. The minimum Gasteiger partial charge on any atom is -0.330 e. The zero-order valence-corrected chi connectivity index (χ0v) is 15.9. The third-order valence-electron chi connectivity index (χ3n) is 4.47. The second-order valence-corrected chi connectivity index (χ2v) is 6.59. The van der Waals surface area contributed by atoms with Crippen LogP contribution in [-0.4, -0.2) is 44.8 Å². The fraction of sp³-hybridized carbons (Fsp3) is 0.278. The van der Waals surface area contributed by atoms with Crippen molar-refractivity contribution >= 4 is 34.9 Å². The molecule has 1 aromatic heterocycles. The van der Waals surface area contributed by atoms with E-state index in [0.717, 1.165) is 12.1 Å². The summed E-state index contributed by atoms with van der Waals surface area (Å²) in [7, 11) is 0. The van der Waals surface area contributed by atoms with Gasteiger partial charge >= 0.3 is 6.18 Å². The molecule has 1 aliphatic heterocycles. The van der Waals surface area contributed by atoms with E-state index in [1.165, 1.54) is 23.4 Å². The van der Waals surface area contributed by atoms with Gasteiger partial charge in [0.15, 0.2) is 0 Å². The minimum absolute atomic E-state index is 0.192. The van der Waals surface area contributed by atoms with Crippen LogP contribution in [0.1, 0.15) is 29.3 Å². The van der Waals surface area contributed by atoms with E-state index in [2.05, 4.69) is 20.1 Å². The number of carbonyl (C=O) groups excluding carboxylic acids is 1. The molecule has 0 spiro atoms. The lowest BCUT2D eigenvalue weighted by atomic mass is 9.97. The zero-order valence-electron chi connectivity index (χ0n) is 15.2. The summed E-state index contributed by atoms with van der Waals surface area (Å²) in [6, 6.07) is 4.25. The van der Waals surface area contributed by atoms with E-state index in [4.69, 9.17) is 17.4 Å². The highest BCUT2D eigenvalue weighted by Crippen LogP contribution is 2.36. The summed E-state index contributed by atoms with van der Waals surface area (Å²) in [6.07, 6.45) is -1.33. The zero-order chi connectivity index (χ0) is 21.2. The van der Waals surface area contributed by atoms with Crippen molar-refractivity contribution in [2.45, 2.75) is 25.6 Å². The number of benzene rings is 1. The molecule has 1 saturated heterocycles. The Morgan fingerprint density at radius 2 is 1.97 bits per heavy atom. The highest BCUT2D eigenvalue weighted by molar-refractivity contribution is 6.45. The molecule has 1 aliphatic rings. The number of nitrogens with zero attached hydrogens (tertiary/aromatic N) is 5. The minimum atomic E-state index is -4.67. The Hall–Kier alpha value is -3.01. The Balaban J connectivity index is 1.91. The van der Waals surface area contributed by atoms with Crippen LogP contribution in [0, 0.1) is 0 Å². The van der Waals surface area contributed by atoms with Gasteiger partial charge in [0.25, 0.3) is 5.91 Å². The fourth-order valence-corrected chi connectivity index (χ4v) is 3.36. The maximum Gasteiger partial charge on any atom is 0.417 e. The highest BCUT2D eigenvalue weighted by atomic mass is 35.5. The third kappa shape index (κ3) is 4.21. The van der Waals surface area contributed by atoms with Crippen LogP contribution in [0.5, 0.6) is 0 Å². The highest BCUT2D eigenvalue weighted by Gasteiger charge is 2.37. The molecule has 0 radical (unpaired) electrons. The van der Waals surface area contributed by atoms with Crippen LogP contribution >= 0.6 is 11.6 Å². The van der Waals surface area contributed by atoms with Crippen LogP contribution in [0.4, 0.5) is 19.1 Å². The van der Waals surface area contributed by atoms with Crippen molar-refractivity contribution in [1.29, 1.82) is 0 Å². The first-order chi connectivity index (χ1) is 13.7. The lowest BCUT2D eigenvalue weighted by Crippen LogP contribution is -2.51. The molecule has 1 unspecified atom stereocenters. The van der Waals surface area contributed by atoms with Crippen molar-refractivity contribution in [3.8, 4) is 0 Å². The number of nitrogens with two attached hydrogens (primary N) is 1. The Labute approximate surface area is 169 Å². The molecule has 1 aromatic carbocycles. The van der Waals surface area contributed by atoms with E-state index < -0.39 is 28.7 Å². The van der Waals surface area contributed by atoms with Crippen LogP contribution in [0.15, 0.2) is 46.8 Å². The second kappa shape index (κ2) is 8.16. The van der Waals surface area contributed by atoms with Crippen molar-refractivity contribution in [1.82, 2.24) is 14.9 Å². The Kier molecular flexibility index (Phi) is 5.83. The fourth-order valence-electron chi connectivity index (χ4n) is 3.05. The second-order valence-electron chi connectivity index (χ2n) is 6.21. The number of alkyl halides is 3. The standard InChI is InChI=1S/C18H16ClF3N6O/c1-10-15(27-23)13(26-17-24-7-3-8-25-17)6-9-28(10)16(29)11-4-2-5-12(14(11)19)18(20,21)22/h2-5,7-8,10H,6,9,23H2,1H3. The molecule has 3 rings (SSSR count). The number of aromatic nitrogens is 2. The Morgan fingerprint density at radius 3 is 2.59 bits per heavy atom. The first-order valence-electron chi connectivity index (χ1n) is 8.53. The summed E-state index contributed by atoms with van der Waals surface area (Å²) in [6.45, 7) is 1.85. The molecule has 0 bridgehead atoms. The lowest BCUT2D eigenvalue weighted by molar-refractivity contribution is -0.137. The van der Waals surface area contributed by atoms with Crippen LogP contribution in [0.3, 0.4) is 0 Å². The Bertz CT molecular complexity index is 977. The number of hydrogen-bond donors (Lipinski definition) is 1. The predicted molar refractivity (Wildman–Crippen MR) is 102 cm³/mol. The molecular weight excluding hydrogens is 409 g/mol. The normalized spacial score (nSPS) is 20.3. The van der Waals surface area contributed by atoms with Gasteiger partial charge in [0.2, 0.25) is 5.95 Å². The largest absolute Gasteiger partial charge is 0.417 e.